The van der Waals surface area contributed by atoms with E-state index in [4.69, 9.17) is 4.42 Å². The third-order valence-corrected chi connectivity index (χ3v) is 3.12. The molecular weight excluding hydrogens is 278 g/mol. The van der Waals surface area contributed by atoms with E-state index in [9.17, 15) is 13.6 Å². The van der Waals surface area contributed by atoms with Gasteiger partial charge in [0.15, 0.2) is 0 Å². The molecule has 0 fully saturated rings. The Bertz CT molecular complexity index is 612. The van der Waals surface area contributed by atoms with Crippen molar-refractivity contribution >= 4 is 5.91 Å². The molecule has 1 aromatic carbocycles. The van der Waals surface area contributed by atoms with Crippen molar-refractivity contribution in [3.05, 3.63) is 59.6 Å². The van der Waals surface area contributed by atoms with Crippen molar-refractivity contribution in [2.24, 2.45) is 0 Å². The molecule has 1 amide bonds. The maximum Gasteiger partial charge on any atom is 0.254 e. The quantitative estimate of drug-likeness (QED) is 0.922. The standard InChI is InChI=1S/C15H16F2N2O2/c1-19(2)13(14-4-3-7-21-14)9-18-15(20)11-8-10(16)5-6-12(11)17/h3-8,13H,9H2,1-2H3,(H,18,20)/t13-/m1/s1. The predicted molar refractivity (Wildman–Crippen MR) is 73.8 cm³/mol. The van der Waals surface area contributed by atoms with Crippen LogP contribution in [0.2, 0.25) is 0 Å². The van der Waals surface area contributed by atoms with Crippen molar-refractivity contribution in [2.45, 2.75) is 6.04 Å². The van der Waals surface area contributed by atoms with E-state index in [1.165, 1.54) is 0 Å². The average molecular weight is 294 g/mol. The van der Waals surface area contributed by atoms with Crippen LogP contribution in [-0.4, -0.2) is 31.4 Å². The van der Waals surface area contributed by atoms with Crippen LogP contribution < -0.4 is 5.32 Å². The van der Waals surface area contributed by atoms with Gasteiger partial charge in [0.05, 0.1) is 17.9 Å². The third-order valence-electron chi connectivity index (χ3n) is 3.12. The summed E-state index contributed by atoms with van der Waals surface area (Å²) >= 11 is 0. The van der Waals surface area contributed by atoms with Crippen LogP contribution in [0.1, 0.15) is 22.2 Å². The van der Waals surface area contributed by atoms with Crippen LogP contribution in [-0.2, 0) is 0 Å². The molecule has 112 valence electrons. The van der Waals surface area contributed by atoms with Crippen LogP contribution >= 0.6 is 0 Å². The summed E-state index contributed by atoms with van der Waals surface area (Å²) in [6.07, 6.45) is 1.54. The van der Waals surface area contributed by atoms with E-state index in [2.05, 4.69) is 5.32 Å². The minimum Gasteiger partial charge on any atom is -0.468 e. The SMILES string of the molecule is CN(C)[C@H](CNC(=O)c1cc(F)ccc1F)c1ccco1. The van der Waals surface area contributed by atoms with Gasteiger partial charge in [0, 0.05) is 6.54 Å². The number of halogens is 2. The van der Waals surface area contributed by atoms with Gasteiger partial charge in [-0.05, 0) is 44.4 Å². The van der Waals surface area contributed by atoms with E-state index < -0.39 is 17.5 Å². The maximum atomic E-state index is 13.5. The molecule has 1 aromatic heterocycles. The molecule has 0 radical (unpaired) electrons. The molecular formula is C15H16F2N2O2. The first-order chi connectivity index (χ1) is 9.99. The number of hydrogen-bond acceptors (Lipinski definition) is 3. The molecule has 2 rings (SSSR count). The lowest BCUT2D eigenvalue weighted by molar-refractivity contribution is 0.0934. The Morgan fingerprint density at radius 2 is 2.10 bits per heavy atom. The fourth-order valence-electron chi connectivity index (χ4n) is 1.97. The number of amides is 1. The number of furan rings is 1. The largest absolute Gasteiger partial charge is 0.468 e. The van der Waals surface area contributed by atoms with Crippen molar-refractivity contribution in [3.8, 4) is 0 Å². The molecule has 0 aliphatic heterocycles. The number of nitrogens with zero attached hydrogens (tertiary/aromatic N) is 1. The number of rotatable bonds is 5. The molecule has 0 saturated heterocycles. The Morgan fingerprint density at radius 1 is 1.33 bits per heavy atom. The Balaban J connectivity index is 2.07. The molecule has 0 spiro atoms. The predicted octanol–water partition coefficient (Wildman–Crippen LogP) is 2.59. The Hall–Kier alpha value is -2.21. The molecule has 0 aliphatic rings. The van der Waals surface area contributed by atoms with E-state index in [-0.39, 0.29) is 18.2 Å². The molecule has 1 heterocycles. The van der Waals surface area contributed by atoms with Gasteiger partial charge in [-0.25, -0.2) is 8.78 Å². The maximum absolute atomic E-state index is 13.5. The summed E-state index contributed by atoms with van der Waals surface area (Å²) in [5, 5.41) is 2.59. The lowest BCUT2D eigenvalue weighted by Gasteiger charge is -2.22. The highest BCUT2D eigenvalue weighted by Gasteiger charge is 2.19. The number of benzene rings is 1. The summed E-state index contributed by atoms with van der Waals surface area (Å²) in [5.74, 6) is -1.39. The highest BCUT2D eigenvalue weighted by atomic mass is 19.1. The van der Waals surface area contributed by atoms with Gasteiger partial charge in [-0.3, -0.25) is 9.69 Å². The molecule has 1 N–H and O–H groups in total. The third kappa shape index (κ3) is 3.66. The van der Waals surface area contributed by atoms with Gasteiger partial charge in [-0.1, -0.05) is 0 Å². The number of carbonyl (C=O) groups excluding carboxylic acids is 1. The van der Waals surface area contributed by atoms with E-state index in [0.29, 0.717) is 5.76 Å². The number of carbonyl (C=O) groups is 1. The first kappa shape index (κ1) is 15.2. The van der Waals surface area contributed by atoms with Crippen LogP contribution in [0.25, 0.3) is 0 Å². The zero-order valence-electron chi connectivity index (χ0n) is 11.8. The average Bonchev–Trinajstić information content (AvgIpc) is 2.95. The summed E-state index contributed by atoms with van der Waals surface area (Å²) in [6, 6.07) is 6.13. The second-order valence-corrected chi connectivity index (χ2v) is 4.83. The van der Waals surface area contributed by atoms with Gasteiger partial charge in [-0.2, -0.15) is 0 Å². The number of likely N-dealkylation sites (N-methyl/N-ethyl adjacent to an activating group) is 1. The van der Waals surface area contributed by atoms with Crippen LogP contribution in [0.4, 0.5) is 8.78 Å². The lowest BCUT2D eigenvalue weighted by Crippen LogP contribution is -2.34. The normalized spacial score (nSPS) is 12.4. The summed E-state index contributed by atoms with van der Waals surface area (Å²) in [4.78, 5) is 13.8. The van der Waals surface area contributed by atoms with Gasteiger partial charge < -0.3 is 9.73 Å². The van der Waals surface area contributed by atoms with Gasteiger partial charge in [0.25, 0.3) is 5.91 Å². The van der Waals surface area contributed by atoms with Crippen LogP contribution in [0.15, 0.2) is 41.0 Å². The van der Waals surface area contributed by atoms with Gasteiger partial charge >= 0.3 is 0 Å². The second kappa shape index (κ2) is 6.49. The van der Waals surface area contributed by atoms with Crippen molar-refractivity contribution in [1.29, 1.82) is 0 Å². The first-order valence-electron chi connectivity index (χ1n) is 6.42. The topological polar surface area (TPSA) is 45.5 Å². The summed E-state index contributed by atoms with van der Waals surface area (Å²) < 4.78 is 31.9. The Morgan fingerprint density at radius 3 is 2.71 bits per heavy atom. The lowest BCUT2D eigenvalue weighted by atomic mass is 10.1. The van der Waals surface area contributed by atoms with E-state index in [0.717, 1.165) is 18.2 Å². The minimum atomic E-state index is -0.756. The van der Waals surface area contributed by atoms with Crippen LogP contribution in [0.5, 0.6) is 0 Å². The minimum absolute atomic E-state index is 0.194. The molecule has 21 heavy (non-hydrogen) atoms. The van der Waals surface area contributed by atoms with Crippen molar-refractivity contribution in [1.82, 2.24) is 10.2 Å². The molecule has 0 unspecified atom stereocenters. The zero-order chi connectivity index (χ0) is 15.4. The zero-order valence-corrected chi connectivity index (χ0v) is 11.8. The molecule has 0 aliphatic carbocycles. The highest BCUT2D eigenvalue weighted by molar-refractivity contribution is 5.94. The number of nitrogens with one attached hydrogen (secondary N) is 1. The number of hydrogen-bond donors (Lipinski definition) is 1. The van der Waals surface area contributed by atoms with Gasteiger partial charge in [0.1, 0.15) is 17.4 Å². The van der Waals surface area contributed by atoms with Crippen LogP contribution in [0.3, 0.4) is 0 Å². The Labute approximate surface area is 121 Å². The summed E-state index contributed by atoms with van der Waals surface area (Å²) in [7, 11) is 3.67. The fourth-order valence-corrected chi connectivity index (χ4v) is 1.97. The van der Waals surface area contributed by atoms with E-state index in [1.54, 1.807) is 18.4 Å². The molecule has 0 saturated carbocycles. The van der Waals surface area contributed by atoms with Crippen molar-refractivity contribution < 1.29 is 18.0 Å². The highest BCUT2D eigenvalue weighted by Crippen LogP contribution is 2.18. The summed E-state index contributed by atoms with van der Waals surface area (Å²) in [5.41, 5.74) is -0.313. The van der Waals surface area contributed by atoms with E-state index in [1.807, 2.05) is 19.0 Å². The van der Waals surface area contributed by atoms with Gasteiger partial charge in [-0.15, -0.1) is 0 Å². The smallest absolute Gasteiger partial charge is 0.254 e. The molecule has 4 nitrogen and oxygen atoms in total. The monoisotopic (exact) mass is 294 g/mol. The van der Waals surface area contributed by atoms with Gasteiger partial charge in [0.2, 0.25) is 0 Å². The molecule has 0 bridgehead atoms. The molecule has 6 heteroatoms. The van der Waals surface area contributed by atoms with Crippen molar-refractivity contribution in [3.63, 3.8) is 0 Å². The van der Waals surface area contributed by atoms with Crippen LogP contribution in [0, 0.1) is 11.6 Å². The van der Waals surface area contributed by atoms with Crippen molar-refractivity contribution in [2.75, 3.05) is 20.6 Å². The fraction of sp³-hybridized carbons (Fsp3) is 0.267. The second-order valence-electron chi connectivity index (χ2n) is 4.83. The Kier molecular flexibility index (Phi) is 4.70. The molecule has 2 aromatic rings. The van der Waals surface area contributed by atoms with E-state index >= 15 is 0 Å². The molecule has 1 atom stereocenters. The summed E-state index contributed by atoms with van der Waals surface area (Å²) in [6.45, 7) is 0.218. The first-order valence-corrected chi connectivity index (χ1v) is 6.42.